The van der Waals surface area contributed by atoms with Crippen molar-refractivity contribution in [2.24, 2.45) is 5.92 Å². The Morgan fingerprint density at radius 1 is 1.10 bits per heavy atom. The van der Waals surface area contributed by atoms with Crippen molar-refractivity contribution < 1.29 is 9.59 Å². The number of rotatable bonds is 4. The van der Waals surface area contributed by atoms with Gasteiger partial charge in [-0.05, 0) is 38.0 Å². The number of aromatic nitrogens is 2. The second kappa shape index (κ2) is 8.31. The summed E-state index contributed by atoms with van der Waals surface area (Å²) in [6.07, 6.45) is 1.58. The molecular formula is C23H24N4O2. The van der Waals surface area contributed by atoms with Gasteiger partial charge in [0.1, 0.15) is 5.69 Å². The molecule has 148 valence electrons. The minimum absolute atomic E-state index is 0.0429. The molecule has 1 aliphatic rings. The van der Waals surface area contributed by atoms with Gasteiger partial charge in [0.2, 0.25) is 5.91 Å². The molecule has 1 aromatic heterocycles. The summed E-state index contributed by atoms with van der Waals surface area (Å²) >= 11 is 0. The fourth-order valence-corrected chi connectivity index (χ4v) is 3.62. The molecule has 0 bridgehead atoms. The molecule has 2 heterocycles. The predicted octanol–water partition coefficient (Wildman–Crippen LogP) is 3.88. The highest BCUT2D eigenvalue weighted by Crippen LogP contribution is 2.22. The van der Waals surface area contributed by atoms with Crippen LogP contribution in [0.15, 0.2) is 60.7 Å². The topological polar surface area (TPSA) is 78.1 Å². The van der Waals surface area contributed by atoms with E-state index in [1.807, 2.05) is 61.5 Å². The van der Waals surface area contributed by atoms with Crippen LogP contribution in [-0.4, -0.2) is 40.0 Å². The first-order valence-corrected chi connectivity index (χ1v) is 9.88. The number of anilines is 1. The van der Waals surface area contributed by atoms with Crippen molar-refractivity contribution in [1.29, 1.82) is 0 Å². The van der Waals surface area contributed by atoms with Gasteiger partial charge in [0.15, 0.2) is 0 Å². The molecule has 0 aliphatic carbocycles. The number of H-pyrrole nitrogens is 1. The van der Waals surface area contributed by atoms with Gasteiger partial charge in [-0.2, -0.15) is 5.10 Å². The highest BCUT2D eigenvalue weighted by molar-refractivity contribution is 5.95. The number of nitrogens with zero attached hydrogens (tertiary/aromatic N) is 2. The van der Waals surface area contributed by atoms with E-state index < -0.39 is 0 Å². The van der Waals surface area contributed by atoms with Crippen LogP contribution in [0.1, 0.15) is 28.9 Å². The normalized spacial score (nSPS) is 16.4. The zero-order valence-corrected chi connectivity index (χ0v) is 16.4. The van der Waals surface area contributed by atoms with Gasteiger partial charge in [0.25, 0.3) is 5.91 Å². The third kappa shape index (κ3) is 4.37. The molecule has 1 fully saturated rings. The van der Waals surface area contributed by atoms with E-state index in [0.29, 0.717) is 18.8 Å². The number of aromatic amines is 1. The maximum absolute atomic E-state index is 12.9. The summed E-state index contributed by atoms with van der Waals surface area (Å²) in [4.78, 5) is 27.3. The van der Waals surface area contributed by atoms with Crippen LogP contribution in [0, 0.1) is 12.8 Å². The summed E-state index contributed by atoms with van der Waals surface area (Å²) in [5, 5.41) is 10.1. The summed E-state index contributed by atoms with van der Waals surface area (Å²) in [6.45, 7) is 3.09. The Balaban J connectivity index is 1.42. The number of benzene rings is 2. The smallest absolute Gasteiger partial charge is 0.271 e. The zero-order chi connectivity index (χ0) is 20.2. The second-order valence-electron chi connectivity index (χ2n) is 7.48. The molecule has 1 atom stereocenters. The van der Waals surface area contributed by atoms with Crippen LogP contribution in [0.25, 0.3) is 11.3 Å². The summed E-state index contributed by atoms with van der Waals surface area (Å²) in [6, 6.07) is 19.2. The molecule has 0 radical (unpaired) electrons. The first-order valence-electron chi connectivity index (χ1n) is 9.88. The zero-order valence-electron chi connectivity index (χ0n) is 16.4. The van der Waals surface area contributed by atoms with Crippen LogP contribution in [0.5, 0.6) is 0 Å². The Hall–Kier alpha value is -3.41. The van der Waals surface area contributed by atoms with Crippen molar-refractivity contribution >= 4 is 17.5 Å². The lowest BCUT2D eigenvalue weighted by molar-refractivity contribution is -0.121. The molecule has 29 heavy (non-hydrogen) atoms. The molecule has 6 heteroatoms. The van der Waals surface area contributed by atoms with E-state index in [2.05, 4.69) is 15.5 Å². The van der Waals surface area contributed by atoms with E-state index in [0.717, 1.165) is 29.8 Å². The van der Waals surface area contributed by atoms with Gasteiger partial charge in [-0.3, -0.25) is 14.7 Å². The first-order chi connectivity index (χ1) is 14.1. The molecule has 6 nitrogen and oxygen atoms in total. The number of aryl methyl sites for hydroxylation is 1. The lowest BCUT2D eigenvalue weighted by Gasteiger charge is -2.31. The van der Waals surface area contributed by atoms with Gasteiger partial charge >= 0.3 is 0 Å². The molecule has 2 amide bonds. The highest BCUT2D eigenvalue weighted by atomic mass is 16.2. The van der Waals surface area contributed by atoms with Gasteiger partial charge in [0.05, 0.1) is 11.6 Å². The molecule has 0 spiro atoms. The number of piperidine rings is 1. The highest BCUT2D eigenvalue weighted by Gasteiger charge is 2.29. The van der Waals surface area contributed by atoms with Crippen LogP contribution in [0.2, 0.25) is 0 Å². The fourth-order valence-electron chi connectivity index (χ4n) is 3.62. The van der Waals surface area contributed by atoms with Crippen molar-refractivity contribution in [1.82, 2.24) is 15.1 Å². The Bertz CT molecular complexity index is 995. The van der Waals surface area contributed by atoms with Crippen molar-refractivity contribution in [3.05, 3.63) is 71.9 Å². The van der Waals surface area contributed by atoms with Gasteiger partial charge in [-0.25, -0.2) is 0 Å². The minimum atomic E-state index is -0.215. The Kier molecular flexibility index (Phi) is 5.42. The van der Waals surface area contributed by atoms with Crippen LogP contribution in [0.4, 0.5) is 5.69 Å². The van der Waals surface area contributed by atoms with Gasteiger partial charge in [-0.15, -0.1) is 0 Å². The number of carbonyl (C=O) groups is 2. The molecule has 1 saturated heterocycles. The van der Waals surface area contributed by atoms with E-state index in [-0.39, 0.29) is 17.7 Å². The molecule has 3 aromatic rings. The molecular weight excluding hydrogens is 364 g/mol. The monoisotopic (exact) mass is 388 g/mol. The molecule has 1 aliphatic heterocycles. The predicted molar refractivity (Wildman–Crippen MR) is 112 cm³/mol. The van der Waals surface area contributed by atoms with E-state index in [9.17, 15) is 9.59 Å². The van der Waals surface area contributed by atoms with Crippen LogP contribution in [0.3, 0.4) is 0 Å². The third-order valence-electron chi connectivity index (χ3n) is 5.28. The number of likely N-dealkylation sites (tertiary alicyclic amines) is 1. The SMILES string of the molecule is Cc1ccc(-c2cc(C(=O)N3CCC[C@@H](C(=O)Nc4ccccc4)C3)[nH]n2)cc1. The van der Waals surface area contributed by atoms with Crippen LogP contribution < -0.4 is 5.32 Å². The Morgan fingerprint density at radius 2 is 1.86 bits per heavy atom. The molecule has 0 saturated carbocycles. The number of amides is 2. The summed E-state index contributed by atoms with van der Waals surface area (Å²) in [5.74, 6) is -0.376. The second-order valence-corrected chi connectivity index (χ2v) is 7.48. The van der Waals surface area contributed by atoms with E-state index in [4.69, 9.17) is 0 Å². The van der Waals surface area contributed by atoms with E-state index >= 15 is 0 Å². The van der Waals surface area contributed by atoms with Gasteiger partial charge < -0.3 is 10.2 Å². The van der Waals surface area contributed by atoms with Crippen LogP contribution in [-0.2, 0) is 4.79 Å². The maximum Gasteiger partial charge on any atom is 0.271 e. The van der Waals surface area contributed by atoms with Crippen LogP contribution >= 0.6 is 0 Å². The van der Waals surface area contributed by atoms with Crippen molar-refractivity contribution in [3.63, 3.8) is 0 Å². The number of para-hydroxylation sites is 1. The number of hydrogen-bond donors (Lipinski definition) is 2. The maximum atomic E-state index is 12.9. The molecule has 0 unspecified atom stereocenters. The summed E-state index contributed by atoms with van der Waals surface area (Å²) < 4.78 is 0. The number of hydrogen-bond acceptors (Lipinski definition) is 3. The Morgan fingerprint density at radius 3 is 2.62 bits per heavy atom. The quantitative estimate of drug-likeness (QED) is 0.712. The minimum Gasteiger partial charge on any atom is -0.337 e. The largest absolute Gasteiger partial charge is 0.337 e. The first kappa shape index (κ1) is 18.9. The number of nitrogens with one attached hydrogen (secondary N) is 2. The third-order valence-corrected chi connectivity index (χ3v) is 5.28. The van der Waals surface area contributed by atoms with E-state index in [1.54, 1.807) is 11.0 Å². The van der Waals surface area contributed by atoms with Crippen molar-refractivity contribution in [3.8, 4) is 11.3 Å². The number of carbonyl (C=O) groups excluding carboxylic acids is 2. The standard InChI is InChI=1S/C23H24N4O2/c1-16-9-11-17(12-10-16)20-14-21(26-25-20)23(29)27-13-5-6-18(15-27)22(28)24-19-7-3-2-4-8-19/h2-4,7-12,14,18H,5-6,13,15H2,1H3,(H,24,28)(H,25,26)/t18-/m1/s1. The van der Waals surface area contributed by atoms with Gasteiger partial charge in [-0.1, -0.05) is 48.0 Å². The van der Waals surface area contributed by atoms with Gasteiger partial charge in [0, 0.05) is 24.3 Å². The van der Waals surface area contributed by atoms with E-state index in [1.165, 1.54) is 5.56 Å². The Labute approximate surface area is 169 Å². The summed E-state index contributed by atoms with van der Waals surface area (Å²) in [5.41, 5.74) is 4.10. The van der Waals surface area contributed by atoms with Crippen molar-refractivity contribution in [2.45, 2.75) is 19.8 Å². The average Bonchev–Trinajstić information content (AvgIpc) is 3.25. The average molecular weight is 388 g/mol. The fraction of sp³-hybridized carbons (Fsp3) is 0.261. The lowest BCUT2D eigenvalue weighted by Crippen LogP contribution is -2.43. The molecule has 4 rings (SSSR count). The van der Waals surface area contributed by atoms with Crippen molar-refractivity contribution in [2.75, 3.05) is 18.4 Å². The lowest BCUT2D eigenvalue weighted by atomic mass is 9.96. The molecule has 2 N–H and O–H groups in total. The summed E-state index contributed by atoms with van der Waals surface area (Å²) in [7, 11) is 0. The molecule has 2 aromatic carbocycles.